The molecule has 0 aromatic carbocycles. The van der Waals surface area contributed by atoms with Gasteiger partial charge in [0.1, 0.15) is 0 Å². The zero-order chi connectivity index (χ0) is 9.68. The van der Waals surface area contributed by atoms with E-state index in [-0.39, 0.29) is 6.10 Å². The Balaban J connectivity index is 2.63. The van der Waals surface area contributed by atoms with E-state index in [9.17, 15) is 5.11 Å². The molecule has 0 aliphatic heterocycles. The second-order valence-electron chi connectivity index (χ2n) is 3.13. The Morgan fingerprint density at radius 3 is 3.00 bits per heavy atom. The average Bonchev–Trinajstić information content (AvgIpc) is 2.62. The lowest BCUT2D eigenvalue weighted by Gasteiger charge is -2.03. The molecular formula is C11H17NO. The van der Waals surface area contributed by atoms with E-state index in [0.717, 1.165) is 18.5 Å². The molecule has 0 amide bonds. The van der Waals surface area contributed by atoms with Crippen molar-refractivity contribution in [2.75, 3.05) is 0 Å². The molecule has 2 heteroatoms. The lowest BCUT2D eigenvalue weighted by molar-refractivity contribution is 0.173. The second-order valence-corrected chi connectivity index (χ2v) is 3.13. The summed E-state index contributed by atoms with van der Waals surface area (Å²) in [6.45, 7) is 4.87. The summed E-state index contributed by atoms with van der Waals surface area (Å²) in [6.07, 6.45) is 8.56. The van der Waals surface area contributed by atoms with Crippen LogP contribution in [0.1, 0.15) is 31.9 Å². The third-order valence-corrected chi connectivity index (χ3v) is 2.10. The van der Waals surface area contributed by atoms with Crippen molar-refractivity contribution in [3.05, 3.63) is 36.2 Å². The van der Waals surface area contributed by atoms with Crippen LogP contribution in [0, 0.1) is 0 Å². The van der Waals surface area contributed by atoms with Gasteiger partial charge in [-0.1, -0.05) is 19.1 Å². The zero-order valence-electron chi connectivity index (χ0n) is 8.27. The maximum atomic E-state index is 9.54. The number of nitrogens with zero attached hydrogens (tertiary/aromatic N) is 1. The first-order valence-corrected chi connectivity index (χ1v) is 4.72. The van der Waals surface area contributed by atoms with Crippen LogP contribution in [0.25, 0.3) is 0 Å². The minimum atomic E-state index is -0.313. The Bertz CT molecular complexity index is 275. The molecule has 0 spiro atoms. The van der Waals surface area contributed by atoms with Gasteiger partial charge in [0.2, 0.25) is 0 Å². The number of hydrogen-bond acceptors (Lipinski definition) is 1. The molecule has 1 aromatic rings. The molecule has 0 radical (unpaired) electrons. The summed E-state index contributed by atoms with van der Waals surface area (Å²) in [5, 5.41) is 9.54. The van der Waals surface area contributed by atoms with Gasteiger partial charge in [0.25, 0.3) is 0 Å². The van der Waals surface area contributed by atoms with Crippen molar-refractivity contribution in [1.82, 2.24) is 4.57 Å². The molecule has 0 saturated heterocycles. The van der Waals surface area contributed by atoms with Gasteiger partial charge in [-0.25, -0.2) is 0 Å². The van der Waals surface area contributed by atoms with Crippen molar-refractivity contribution in [2.24, 2.45) is 0 Å². The lowest BCUT2D eigenvalue weighted by Crippen LogP contribution is -1.94. The van der Waals surface area contributed by atoms with Crippen LogP contribution < -0.4 is 0 Å². The van der Waals surface area contributed by atoms with Gasteiger partial charge in [0.15, 0.2) is 0 Å². The van der Waals surface area contributed by atoms with E-state index in [1.54, 1.807) is 0 Å². The van der Waals surface area contributed by atoms with E-state index in [1.807, 2.05) is 38.4 Å². The summed E-state index contributed by atoms with van der Waals surface area (Å²) < 4.78 is 2.06. The Morgan fingerprint density at radius 2 is 2.38 bits per heavy atom. The first kappa shape index (κ1) is 10.1. The molecule has 1 rings (SSSR count). The molecule has 0 fully saturated rings. The summed E-state index contributed by atoms with van der Waals surface area (Å²) in [4.78, 5) is 0. The van der Waals surface area contributed by atoms with Gasteiger partial charge in [-0.15, -0.1) is 0 Å². The summed E-state index contributed by atoms with van der Waals surface area (Å²) >= 11 is 0. The van der Waals surface area contributed by atoms with Gasteiger partial charge in [0, 0.05) is 18.9 Å². The van der Waals surface area contributed by atoms with Crippen LogP contribution in [0.3, 0.4) is 0 Å². The van der Waals surface area contributed by atoms with E-state index >= 15 is 0 Å². The molecule has 72 valence electrons. The quantitative estimate of drug-likeness (QED) is 0.706. The van der Waals surface area contributed by atoms with Crippen molar-refractivity contribution in [3.8, 4) is 0 Å². The fourth-order valence-corrected chi connectivity index (χ4v) is 1.23. The minimum absolute atomic E-state index is 0.313. The number of aliphatic hydroxyl groups is 1. The highest BCUT2D eigenvalue weighted by molar-refractivity contribution is 5.13. The van der Waals surface area contributed by atoms with Crippen molar-refractivity contribution >= 4 is 0 Å². The van der Waals surface area contributed by atoms with Gasteiger partial charge < -0.3 is 9.67 Å². The van der Waals surface area contributed by atoms with Crippen molar-refractivity contribution in [3.63, 3.8) is 0 Å². The Morgan fingerprint density at radius 1 is 1.62 bits per heavy atom. The van der Waals surface area contributed by atoms with Crippen molar-refractivity contribution < 1.29 is 5.11 Å². The van der Waals surface area contributed by atoms with E-state index in [2.05, 4.69) is 10.6 Å². The summed E-state index contributed by atoms with van der Waals surface area (Å²) in [7, 11) is 0. The summed E-state index contributed by atoms with van der Waals surface area (Å²) in [6, 6.07) is 1.97. The first-order chi connectivity index (χ1) is 6.27. The molecule has 0 saturated carbocycles. The fourth-order valence-electron chi connectivity index (χ4n) is 1.23. The van der Waals surface area contributed by atoms with Crippen LogP contribution in [0.4, 0.5) is 0 Å². The van der Waals surface area contributed by atoms with Crippen LogP contribution in [-0.4, -0.2) is 9.67 Å². The number of aromatic nitrogens is 1. The Labute approximate surface area is 79.5 Å². The van der Waals surface area contributed by atoms with Crippen LogP contribution in [-0.2, 0) is 6.54 Å². The van der Waals surface area contributed by atoms with E-state index in [4.69, 9.17) is 0 Å². The highest BCUT2D eigenvalue weighted by Gasteiger charge is 2.04. The Hall–Kier alpha value is -1.02. The SMILES string of the molecule is CC=CCn1ccc(C(O)CC)c1. The fraction of sp³-hybridized carbons (Fsp3) is 0.455. The van der Waals surface area contributed by atoms with Crippen LogP contribution in [0.15, 0.2) is 30.6 Å². The molecule has 1 heterocycles. The topological polar surface area (TPSA) is 25.2 Å². The van der Waals surface area contributed by atoms with Gasteiger partial charge in [-0.2, -0.15) is 0 Å². The van der Waals surface area contributed by atoms with E-state index < -0.39 is 0 Å². The molecular weight excluding hydrogens is 162 g/mol. The minimum Gasteiger partial charge on any atom is -0.388 e. The Kier molecular flexibility index (Phi) is 3.77. The predicted octanol–water partition coefficient (Wildman–Crippen LogP) is 2.51. The van der Waals surface area contributed by atoms with E-state index in [1.165, 1.54) is 0 Å². The highest BCUT2D eigenvalue weighted by atomic mass is 16.3. The van der Waals surface area contributed by atoms with Crippen LogP contribution >= 0.6 is 0 Å². The standard InChI is InChI=1S/C11H17NO/c1-3-5-7-12-8-6-10(9-12)11(13)4-2/h3,5-6,8-9,11,13H,4,7H2,1-2H3. The predicted molar refractivity (Wildman–Crippen MR) is 54.5 cm³/mol. The normalized spacial score (nSPS) is 13.8. The summed E-state index contributed by atoms with van der Waals surface area (Å²) in [5.41, 5.74) is 1.01. The molecule has 1 N–H and O–H groups in total. The first-order valence-electron chi connectivity index (χ1n) is 4.72. The molecule has 1 aromatic heterocycles. The smallest absolute Gasteiger partial charge is 0.0802 e. The summed E-state index contributed by atoms with van der Waals surface area (Å²) in [5.74, 6) is 0. The molecule has 0 aliphatic rings. The third-order valence-electron chi connectivity index (χ3n) is 2.10. The molecule has 0 aliphatic carbocycles. The molecule has 0 bridgehead atoms. The second kappa shape index (κ2) is 4.87. The van der Waals surface area contributed by atoms with Crippen LogP contribution in [0.5, 0.6) is 0 Å². The molecule has 2 nitrogen and oxygen atoms in total. The monoisotopic (exact) mass is 179 g/mol. The molecule has 1 atom stereocenters. The molecule has 13 heavy (non-hydrogen) atoms. The van der Waals surface area contributed by atoms with E-state index in [0.29, 0.717) is 0 Å². The highest BCUT2D eigenvalue weighted by Crippen LogP contribution is 2.15. The van der Waals surface area contributed by atoms with Crippen LogP contribution in [0.2, 0.25) is 0 Å². The van der Waals surface area contributed by atoms with Gasteiger partial charge >= 0.3 is 0 Å². The van der Waals surface area contributed by atoms with Crippen molar-refractivity contribution in [1.29, 1.82) is 0 Å². The van der Waals surface area contributed by atoms with Crippen molar-refractivity contribution in [2.45, 2.75) is 32.9 Å². The maximum absolute atomic E-state index is 9.54. The number of rotatable bonds is 4. The van der Waals surface area contributed by atoms with Gasteiger partial charge in [-0.05, 0) is 25.0 Å². The third kappa shape index (κ3) is 2.74. The average molecular weight is 179 g/mol. The number of aliphatic hydroxyl groups excluding tert-OH is 1. The molecule has 1 unspecified atom stereocenters. The maximum Gasteiger partial charge on any atom is 0.0802 e. The number of hydrogen-bond donors (Lipinski definition) is 1. The lowest BCUT2D eigenvalue weighted by atomic mass is 10.1. The largest absolute Gasteiger partial charge is 0.388 e. The zero-order valence-corrected chi connectivity index (χ0v) is 8.27. The number of allylic oxidation sites excluding steroid dienone is 2. The van der Waals surface area contributed by atoms with Gasteiger partial charge in [0.05, 0.1) is 6.10 Å². The van der Waals surface area contributed by atoms with Gasteiger partial charge in [-0.3, -0.25) is 0 Å².